The summed E-state index contributed by atoms with van der Waals surface area (Å²) in [5.74, 6) is 2.03. The van der Waals surface area contributed by atoms with Gasteiger partial charge in [0.2, 0.25) is 0 Å². The maximum absolute atomic E-state index is 13.0. The van der Waals surface area contributed by atoms with Crippen LogP contribution in [-0.2, 0) is 6.54 Å². The minimum Gasteiger partial charge on any atom is -0.497 e. The van der Waals surface area contributed by atoms with Crippen LogP contribution in [0, 0.1) is 5.92 Å². The number of rotatable bonds is 5. The lowest BCUT2D eigenvalue weighted by Crippen LogP contribution is -2.41. The molecule has 1 fully saturated rings. The number of amides is 2. The van der Waals surface area contributed by atoms with Crippen molar-refractivity contribution >= 4 is 11.8 Å². The zero-order valence-corrected chi connectivity index (χ0v) is 15.8. The van der Waals surface area contributed by atoms with Crippen LogP contribution in [0.25, 0.3) is 0 Å². The van der Waals surface area contributed by atoms with E-state index >= 15 is 0 Å². The normalized spacial score (nSPS) is 17.4. The Kier molecular flexibility index (Phi) is 5.81. The van der Waals surface area contributed by atoms with Gasteiger partial charge in [0.05, 0.1) is 19.3 Å². The number of ether oxygens (including phenoxy) is 1. The van der Waals surface area contributed by atoms with Gasteiger partial charge in [-0.2, -0.15) is 5.10 Å². The Bertz CT molecular complexity index is 741. The first kappa shape index (κ1) is 18.3. The van der Waals surface area contributed by atoms with Crippen molar-refractivity contribution in [3.8, 4) is 5.75 Å². The molecule has 1 aliphatic heterocycles. The zero-order chi connectivity index (χ0) is 18.5. The van der Waals surface area contributed by atoms with Crippen molar-refractivity contribution < 1.29 is 9.53 Å². The minimum absolute atomic E-state index is 0.0666. The quantitative estimate of drug-likeness (QED) is 0.868. The highest BCUT2D eigenvalue weighted by Crippen LogP contribution is 2.33. The highest BCUT2D eigenvalue weighted by atomic mass is 16.5. The van der Waals surface area contributed by atoms with E-state index in [0.717, 1.165) is 49.5 Å². The monoisotopic (exact) mass is 356 g/mol. The zero-order valence-electron chi connectivity index (χ0n) is 15.8. The van der Waals surface area contributed by atoms with Crippen LogP contribution in [0.15, 0.2) is 36.5 Å². The molecule has 0 radical (unpaired) electrons. The minimum atomic E-state index is -0.0666. The van der Waals surface area contributed by atoms with Crippen LogP contribution in [0.4, 0.5) is 10.6 Å². The molecule has 2 amide bonds. The Balaban J connectivity index is 1.77. The second-order valence-corrected chi connectivity index (χ2v) is 7.20. The number of urea groups is 1. The predicted molar refractivity (Wildman–Crippen MR) is 102 cm³/mol. The summed E-state index contributed by atoms with van der Waals surface area (Å²) < 4.78 is 7.20. The molecule has 1 N–H and O–H groups in total. The predicted octanol–water partition coefficient (Wildman–Crippen LogP) is 4.31. The van der Waals surface area contributed by atoms with Gasteiger partial charge < -0.3 is 9.64 Å². The molecule has 6 nitrogen and oxygen atoms in total. The van der Waals surface area contributed by atoms with Crippen LogP contribution in [0.3, 0.4) is 0 Å². The fourth-order valence-electron chi connectivity index (χ4n) is 3.48. The van der Waals surface area contributed by atoms with Crippen molar-refractivity contribution in [3.63, 3.8) is 0 Å². The summed E-state index contributed by atoms with van der Waals surface area (Å²) in [6.07, 6.45) is 4.84. The molecular formula is C20H28N4O2. The second-order valence-electron chi connectivity index (χ2n) is 7.20. The van der Waals surface area contributed by atoms with Gasteiger partial charge in [-0.15, -0.1) is 0 Å². The van der Waals surface area contributed by atoms with Crippen molar-refractivity contribution in [1.82, 2.24) is 14.7 Å². The third-order valence-electron chi connectivity index (χ3n) is 4.73. The first-order chi connectivity index (χ1) is 12.6. The smallest absolute Gasteiger partial charge is 0.323 e. The van der Waals surface area contributed by atoms with Crippen molar-refractivity contribution in [2.24, 2.45) is 5.92 Å². The summed E-state index contributed by atoms with van der Waals surface area (Å²) >= 11 is 0. The van der Waals surface area contributed by atoms with E-state index < -0.39 is 0 Å². The fourth-order valence-corrected chi connectivity index (χ4v) is 3.48. The number of nitrogens with one attached hydrogen (secondary N) is 1. The lowest BCUT2D eigenvalue weighted by atomic mass is 9.95. The first-order valence-corrected chi connectivity index (χ1v) is 9.32. The number of anilines is 1. The number of benzene rings is 1. The summed E-state index contributed by atoms with van der Waals surface area (Å²) in [7, 11) is 1.67. The summed E-state index contributed by atoms with van der Waals surface area (Å²) in [4.78, 5) is 14.9. The van der Waals surface area contributed by atoms with E-state index in [4.69, 9.17) is 4.74 Å². The summed E-state index contributed by atoms with van der Waals surface area (Å²) in [5.41, 5.74) is 1.12. The van der Waals surface area contributed by atoms with Gasteiger partial charge >= 0.3 is 6.03 Å². The molecule has 1 aromatic carbocycles. The van der Waals surface area contributed by atoms with E-state index in [1.807, 2.05) is 33.8 Å². The molecule has 26 heavy (non-hydrogen) atoms. The highest BCUT2D eigenvalue weighted by molar-refractivity contribution is 5.88. The molecule has 6 heteroatoms. The molecule has 0 bridgehead atoms. The number of carbonyl (C=O) groups is 1. The van der Waals surface area contributed by atoms with E-state index in [-0.39, 0.29) is 12.1 Å². The van der Waals surface area contributed by atoms with E-state index in [1.165, 1.54) is 0 Å². The lowest BCUT2D eigenvalue weighted by Gasteiger charge is -2.36. The second kappa shape index (κ2) is 8.25. The SMILES string of the molecule is COc1cccc([C@@H]2CCCCN2C(=O)Nc2ccnn2CC(C)C)c1. The van der Waals surface area contributed by atoms with Crippen LogP contribution in [0.5, 0.6) is 5.75 Å². The molecule has 2 aromatic rings. The molecule has 0 unspecified atom stereocenters. The molecule has 0 saturated carbocycles. The van der Waals surface area contributed by atoms with Crippen molar-refractivity contribution in [2.75, 3.05) is 19.0 Å². The number of likely N-dealkylation sites (tertiary alicyclic amines) is 1. The molecule has 1 aliphatic rings. The van der Waals surface area contributed by atoms with Crippen molar-refractivity contribution in [2.45, 2.75) is 45.7 Å². The molecule has 1 atom stereocenters. The third kappa shape index (κ3) is 4.18. The Hall–Kier alpha value is -2.50. The van der Waals surface area contributed by atoms with Gasteiger partial charge in [0.1, 0.15) is 11.6 Å². The van der Waals surface area contributed by atoms with Gasteiger partial charge in [-0.25, -0.2) is 9.48 Å². The lowest BCUT2D eigenvalue weighted by molar-refractivity contribution is 0.163. The molecule has 140 valence electrons. The van der Waals surface area contributed by atoms with Crippen LogP contribution < -0.4 is 10.1 Å². The Labute approximate surface area is 155 Å². The van der Waals surface area contributed by atoms with Gasteiger partial charge in [-0.1, -0.05) is 26.0 Å². The Morgan fingerprint density at radius 2 is 2.19 bits per heavy atom. The maximum atomic E-state index is 13.0. The van der Waals surface area contributed by atoms with Crippen LogP contribution >= 0.6 is 0 Å². The molecular weight excluding hydrogens is 328 g/mol. The number of hydrogen-bond acceptors (Lipinski definition) is 3. The Morgan fingerprint density at radius 1 is 1.35 bits per heavy atom. The molecule has 1 aromatic heterocycles. The van der Waals surface area contributed by atoms with Gasteiger partial charge in [-0.05, 0) is 42.9 Å². The van der Waals surface area contributed by atoms with Crippen molar-refractivity contribution in [3.05, 3.63) is 42.1 Å². The number of nitrogens with zero attached hydrogens (tertiary/aromatic N) is 3. The average Bonchev–Trinajstić information content (AvgIpc) is 3.07. The van der Waals surface area contributed by atoms with Crippen LogP contribution in [0.1, 0.15) is 44.7 Å². The largest absolute Gasteiger partial charge is 0.497 e. The van der Waals surface area contributed by atoms with E-state index in [1.54, 1.807) is 13.3 Å². The van der Waals surface area contributed by atoms with Crippen molar-refractivity contribution in [1.29, 1.82) is 0 Å². The van der Waals surface area contributed by atoms with Gasteiger partial charge in [0.25, 0.3) is 0 Å². The fraction of sp³-hybridized carbons (Fsp3) is 0.500. The molecule has 0 aliphatic carbocycles. The number of hydrogen-bond donors (Lipinski definition) is 1. The standard InChI is InChI=1S/C20H28N4O2/c1-15(2)14-24-19(10-11-21-24)22-20(25)23-12-5-4-9-18(23)16-7-6-8-17(13-16)26-3/h6-8,10-11,13,15,18H,4-5,9,12,14H2,1-3H3,(H,22,25)/t18-/m0/s1. The Morgan fingerprint density at radius 3 is 2.96 bits per heavy atom. The maximum Gasteiger partial charge on any atom is 0.323 e. The highest BCUT2D eigenvalue weighted by Gasteiger charge is 2.28. The van der Waals surface area contributed by atoms with Crippen LogP contribution in [0.2, 0.25) is 0 Å². The first-order valence-electron chi connectivity index (χ1n) is 9.32. The van der Waals surface area contributed by atoms with E-state index in [2.05, 4.69) is 30.3 Å². The average molecular weight is 356 g/mol. The van der Waals surface area contributed by atoms with E-state index in [9.17, 15) is 4.79 Å². The van der Waals surface area contributed by atoms with Gasteiger partial charge in [0.15, 0.2) is 0 Å². The van der Waals surface area contributed by atoms with Gasteiger partial charge in [-0.3, -0.25) is 5.32 Å². The molecule has 0 spiro atoms. The van der Waals surface area contributed by atoms with Gasteiger partial charge in [0, 0.05) is 19.2 Å². The summed E-state index contributed by atoms with van der Waals surface area (Å²) in [6, 6.07) is 9.87. The number of carbonyl (C=O) groups excluding carboxylic acids is 1. The number of aromatic nitrogens is 2. The number of piperidine rings is 1. The molecule has 1 saturated heterocycles. The van der Waals surface area contributed by atoms with Crippen LogP contribution in [-0.4, -0.2) is 34.4 Å². The molecule has 2 heterocycles. The third-order valence-corrected chi connectivity index (χ3v) is 4.73. The van der Waals surface area contributed by atoms with E-state index in [0.29, 0.717) is 5.92 Å². The topological polar surface area (TPSA) is 59.4 Å². The number of methoxy groups -OCH3 is 1. The summed E-state index contributed by atoms with van der Waals surface area (Å²) in [6.45, 7) is 5.81. The summed E-state index contributed by atoms with van der Waals surface area (Å²) in [5, 5.41) is 7.37. The molecule has 3 rings (SSSR count).